The fourth-order valence-electron chi connectivity index (χ4n) is 1.35. The Morgan fingerprint density at radius 1 is 1.39 bits per heavy atom. The number of alkyl halides is 3. The van der Waals surface area contributed by atoms with Crippen LogP contribution in [0.3, 0.4) is 0 Å². The van der Waals surface area contributed by atoms with Gasteiger partial charge in [0, 0.05) is 12.2 Å². The van der Waals surface area contributed by atoms with Gasteiger partial charge in [-0.15, -0.1) is 0 Å². The normalized spacial score (nSPS) is 11.1. The van der Waals surface area contributed by atoms with Gasteiger partial charge in [-0.05, 0) is 30.7 Å². The largest absolute Gasteiger partial charge is 0.411 e. The zero-order chi connectivity index (χ0) is 13.6. The van der Waals surface area contributed by atoms with Crippen molar-refractivity contribution in [1.82, 2.24) is 0 Å². The lowest BCUT2D eigenvalue weighted by molar-refractivity contribution is -0.172. The molecule has 1 N–H and O–H groups in total. The van der Waals surface area contributed by atoms with Gasteiger partial charge in [0.1, 0.15) is 6.61 Å². The number of hydrogen-bond donors (Lipinski definition) is 1. The summed E-state index contributed by atoms with van der Waals surface area (Å²) >= 11 is 0. The molecule has 0 radical (unpaired) electrons. The molecule has 0 unspecified atom stereocenters. The van der Waals surface area contributed by atoms with Crippen LogP contribution in [0.15, 0.2) is 18.2 Å². The Labute approximate surface area is 103 Å². The Balaban J connectivity index is 2.32. The molecule has 1 aromatic rings. The van der Waals surface area contributed by atoms with Gasteiger partial charge in [0.15, 0.2) is 0 Å². The SMILES string of the molecule is Cc1cc(NCCOCC(F)(F)F)ccc1C#N. The van der Waals surface area contributed by atoms with Gasteiger partial charge in [-0.3, -0.25) is 0 Å². The smallest absolute Gasteiger partial charge is 0.383 e. The molecule has 0 saturated carbocycles. The first kappa shape index (κ1) is 14.3. The molecular formula is C12H13F3N2O. The summed E-state index contributed by atoms with van der Waals surface area (Å²) in [6, 6.07) is 7.17. The molecule has 0 fully saturated rings. The zero-order valence-electron chi connectivity index (χ0n) is 9.84. The van der Waals surface area contributed by atoms with Crippen molar-refractivity contribution in [2.45, 2.75) is 13.1 Å². The van der Waals surface area contributed by atoms with Gasteiger partial charge in [0.05, 0.1) is 18.2 Å². The van der Waals surface area contributed by atoms with Crippen LogP contribution in [0.2, 0.25) is 0 Å². The fraction of sp³-hybridized carbons (Fsp3) is 0.417. The van der Waals surface area contributed by atoms with E-state index in [-0.39, 0.29) is 13.2 Å². The highest BCUT2D eigenvalue weighted by molar-refractivity contribution is 5.51. The van der Waals surface area contributed by atoms with Crippen molar-refractivity contribution >= 4 is 5.69 Å². The predicted molar refractivity (Wildman–Crippen MR) is 61.3 cm³/mol. The summed E-state index contributed by atoms with van der Waals surface area (Å²) in [5.74, 6) is 0. The van der Waals surface area contributed by atoms with Gasteiger partial charge in [-0.25, -0.2) is 0 Å². The van der Waals surface area contributed by atoms with Crippen LogP contribution in [0.1, 0.15) is 11.1 Å². The number of halogens is 3. The van der Waals surface area contributed by atoms with Crippen LogP contribution in [0.25, 0.3) is 0 Å². The molecule has 6 heteroatoms. The van der Waals surface area contributed by atoms with Crippen molar-refractivity contribution in [1.29, 1.82) is 5.26 Å². The Morgan fingerprint density at radius 2 is 2.11 bits per heavy atom. The van der Waals surface area contributed by atoms with Crippen molar-refractivity contribution < 1.29 is 17.9 Å². The summed E-state index contributed by atoms with van der Waals surface area (Å²) in [6.45, 7) is 0.810. The van der Waals surface area contributed by atoms with Gasteiger partial charge in [0.2, 0.25) is 0 Å². The molecule has 0 aliphatic carbocycles. The van der Waals surface area contributed by atoms with E-state index in [0.717, 1.165) is 11.3 Å². The topological polar surface area (TPSA) is 45.0 Å². The summed E-state index contributed by atoms with van der Waals surface area (Å²) in [5.41, 5.74) is 2.15. The number of nitriles is 1. The third-order valence-electron chi connectivity index (χ3n) is 2.19. The molecule has 0 heterocycles. The van der Waals surface area contributed by atoms with E-state index in [0.29, 0.717) is 5.56 Å². The Kier molecular flexibility index (Phi) is 4.98. The molecule has 3 nitrogen and oxygen atoms in total. The summed E-state index contributed by atoms with van der Waals surface area (Å²) < 4.78 is 39.8. The molecule has 0 atom stereocenters. The third-order valence-corrected chi connectivity index (χ3v) is 2.19. The number of aryl methyl sites for hydroxylation is 1. The molecule has 0 aliphatic rings. The first-order valence-electron chi connectivity index (χ1n) is 5.31. The quantitative estimate of drug-likeness (QED) is 0.826. The molecule has 0 saturated heterocycles. The molecular weight excluding hydrogens is 245 g/mol. The zero-order valence-corrected chi connectivity index (χ0v) is 9.84. The Hall–Kier alpha value is -1.74. The lowest BCUT2D eigenvalue weighted by atomic mass is 10.1. The van der Waals surface area contributed by atoms with Gasteiger partial charge in [-0.2, -0.15) is 18.4 Å². The molecule has 98 valence electrons. The van der Waals surface area contributed by atoms with Crippen molar-refractivity contribution in [3.8, 4) is 6.07 Å². The minimum Gasteiger partial charge on any atom is -0.383 e. The number of nitrogens with zero attached hydrogens (tertiary/aromatic N) is 1. The summed E-state index contributed by atoms with van der Waals surface area (Å²) in [7, 11) is 0. The maximum atomic E-state index is 11.8. The van der Waals surface area contributed by atoms with Gasteiger partial charge in [0.25, 0.3) is 0 Å². The molecule has 18 heavy (non-hydrogen) atoms. The van der Waals surface area contributed by atoms with Crippen molar-refractivity contribution in [2.75, 3.05) is 25.1 Å². The minimum atomic E-state index is -4.29. The lowest BCUT2D eigenvalue weighted by Crippen LogP contribution is -2.20. The number of rotatable bonds is 5. The second-order valence-electron chi connectivity index (χ2n) is 3.74. The van der Waals surface area contributed by atoms with Crippen LogP contribution < -0.4 is 5.32 Å². The minimum absolute atomic E-state index is 0.0292. The number of hydrogen-bond acceptors (Lipinski definition) is 3. The van der Waals surface area contributed by atoms with E-state index in [9.17, 15) is 13.2 Å². The average molecular weight is 258 g/mol. The number of anilines is 1. The van der Waals surface area contributed by atoms with Gasteiger partial charge >= 0.3 is 6.18 Å². The lowest BCUT2D eigenvalue weighted by Gasteiger charge is -2.10. The number of nitrogens with one attached hydrogen (secondary N) is 1. The van der Waals surface area contributed by atoms with E-state index in [2.05, 4.69) is 10.1 Å². The summed E-state index contributed by atoms with van der Waals surface area (Å²) in [6.07, 6.45) is -4.29. The molecule has 0 amide bonds. The van der Waals surface area contributed by atoms with Crippen LogP contribution >= 0.6 is 0 Å². The maximum Gasteiger partial charge on any atom is 0.411 e. The van der Waals surface area contributed by atoms with Crippen molar-refractivity contribution in [3.05, 3.63) is 29.3 Å². The Morgan fingerprint density at radius 3 is 2.67 bits per heavy atom. The second kappa shape index (κ2) is 6.26. The Bertz CT molecular complexity index is 438. The first-order valence-corrected chi connectivity index (χ1v) is 5.31. The molecule has 0 spiro atoms. The van der Waals surface area contributed by atoms with E-state index in [1.807, 2.05) is 6.07 Å². The first-order chi connectivity index (χ1) is 8.42. The van der Waals surface area contributed by atoms with Crippen LogP contribution in [-0.4, -0.2) is 25.9 Å². The fourth-order valence-corrected chi connectivity index (χ4v) is 1.35. The summed E-state index contributed by atoms with van der Waals surface area (Å²) in [5, 5.41) is 11.7. The van der Waals surface area contributed by atoms with E-state index in [1.54, 1.807) is 25.1 Å². The van der Waals surface area contributed by atoms with Crippen molar-refractivity contribution in [3.63, 3.8) is 0 Å². The highest BCUT2D eigenvalue weighted by atomic mass is 19.4. The highest BCUT2D eigenvalue weighted by Crippen LogP contribution is 2.15. The van der Waals surface area contributed by atoms with Crippen LogP contribution in [-0.2, 0) is 4.74 Å². The maximum absolute atomic E-state index is 11.8. The third kappa shape index (κ3) is 5.06. The van der Waals surface area contributed by atoms with Crippen LogP contribution in [0, 0.1) is 18.3 Å². The summed E-state index contributed by atoms with van der Waals surface area (Å²) in [4.78, 5) is 0. The van der Waals surface area contributed by atoms with E-state index in [4.69, 9.17) is 5.26 Å². The molecule has 0 bridgehead atoms. The van der Waals surface area contributed by atoms with Gasteiger partial charge < -0.3 is 10.1 Å². The van der Waals surface area contributed by atoms with Crippen LogP contribution in [0.5, 0.6) is 0 Å². The monoisotopic (exact) mass is 258 g/mol. The molecule has 0 aromatic heterocycles. The van der Waals surface area contributed by atoms with E-state index < -0.39 is 12.8 Å². The second-order valence-corrected chi connectivity index (χ2v) is 3.74. The van der Waals surface area contributed by atoms with Crippen molar-refractivity contribution in [2.24, 2.45) is 0 Å². The molecule has 1 rings (SSSR count). The average Bonchev–Trinajstić information content (AvgIpc) is 2.27. The van der Waals surface area contributed by atoms with Crippen LogP contribution in [0.4, 0.5) is 18.9 Å². The number of benzene rings is 1. The van der Waals surface area contributed by atoms with E-state index >= 15 is 0 Å². The number of ether oxygens (including phenoxy) is 1. The molecule has 0 aliphatic heterocycles. The highest BCUT2D eigenvalue weighted by Gasteiger charge is 2.27. The standard InChI is InChI=1S/C12H13F3N2O/c1-9-6-11(3-2-10(9)7-16)17-4-5-18-8-12(13,14)15/h2-3,6,17H,4-5,8H2,1H3. The molecule has 1 aromatic carbocycles. The predicted octanol–water partition coefficient (Wildman–Crippen LogP) is 2.86. The van der Waals surface area contributed by atoms with Gasteiger partial charge in [-0.1, -0.05) is 0 Å². The van der Waals surface area contributed by atoms with E-state index in [1.165, 1.54) is 0 Å².